The zero-order valence-electron chi connectivity index (χ0n) is 13.9. The fourth-order valence-corrected chi connectivity index (χ4v) is 3.51. The average Bonchev–Trinajstić information content (AvgIpc) is 2.35. The number of carbonyl (C=O) groups excluding carboxylic acids is 1. The van der Waals surface area contributed by atoms with Crippen molar-refractivity contribution in [2.45, 2.75) is 79.1 Å². The van der Waals surface area contributed by atoms with Crippen molar-refractivity contribution in [2.24, 2.45) is 10.8 Å². The molecule has 1 rings (SSSR count). The molecule has 118 valence electrons. The van der Waals surface area contributed by atoms with Crippen LogP contribution in [0.2, 0.25) is 0 Å². The minimum Gasteiger partial charge on any atom is -0.450 e. The van der Waals surface area contributed by atoms with Gasteiger partial charge in [-0.25, -0.2) is 4.79 Å². The first-order valence-corrected chi connectivity index (χ1v) is 8.28. The Labute approximate surface area is 124 Å². The van der Waals surface area contributed by atoms with Crippen LogP contribution in [0, 0.1) is 10.8 Å². The molecular formula is C17H33NO2. The molecule has 3 nitrogen and oxygen atoms in total. The molecule has 0 saturated heterocycles. The second-order valence-electron chi connectivity index (χ2n) is 7.56. The quantitative estimate of drug-likeness (QED) is 0.675. The minimum atomic E-state index is -0.244. The zero-order valence-corrected chi connectivity index (χ0v) is 13.9. The molecule has 0 aromatic carbocycles. The van der Waals surface area contributed by atoms with E-state index in [0.717, 1.165) is 19.4 Å². The third-order valence-corrected chi connectivity index (χ3v) is 4.43. The van der Waals surface area contributed by atoms with Crippen molar-refractivity contribution < 1.29 is 9.53 Å². The summed E-state index contributed by atoms with van der Waals surface area (Å²) in [5.41, 5.74) is 0.627. The maximum absolute atomic E-state index is 11.7. The standard InChI is InChI=1S/C17H33NO2/c1-5-6-7-8-12-20-15(19)18-14-17(4)11-9-10-16(2,3)13-17/h5-14H2,1-4H3,(H,18,19). The lowest BCUT2D eigenvalue weighted by molar-refractivity contribution is 0.0903. The van der Waals surface area contributed by atoms with E-state index in [1.165, 1.54) is 38.5 Å². The molecule has 1 N–H and O–H groups in total. The summed E-state index contributed by atoms with van der Waals surface area (Å²) in [5.74, 6) is 0. The largest absolute Gasteiger partial charge is 0.450 e. The van der Waals surface area contributed by atoms with Gasteiger partial charge in [0.2, 0.25) is 0 Å². The fraction of sp³-hybridized carbons (Fsp3) is 0.941. The van der Waals surface area contributed by atoms with E-state index in [4.69, 9.17) is 4.74 Å². The third kappa shape index (κ3) is 6.62. The molecule has 20 heavy (non-hydrogen) atoms. The van der Waals surface area contributed by atoms with Crippen molar-refractivity contribution in [3.63, 3.8) is 0 Å². The maximum Gasteiger partial charge on any atom is 0.407 e. The van der Waals surface area contributed by atoms with E-state index in [0.29, 0.717) is 12.0 Å². The Morgan fingerprint density at radius 1 is 1.15 bits per heavy atom. The number of unbranched alkanes of at least 4 members (excludes halogenated alkanes) is 3. The van der Waals surface area contributed by atoms with E-state index < -0.39 is 0 Å². The maximum atomic E-state index is 11.7. The summed E-state index contributed by atoms with van der Waals surface area (Å²) in [6.07, 6.45) is 9.25. The predicted octanol–water partition coefficient (Wildman–Crippen LogP) is 4.90. The molecule has 1 saturated carbocycles. The summed E-state index contributed by atoms with van der Waals surface area (Å²) >= 11 is 0. The second-order valence-corrected chi connectivity index (χ2v) is 7.56. The highest BCUT2D eigenvalue weighted by Crippen LogP contribution is 2.45. The zero-order chi connectivity index (χ0) is 15.1. The molecule has 0 heterocycles. The monoisotopic (exact) mass is 283 g/mol. The van der Waals surface area contributed by atoms with E-state index in [1.807, 2.05) is 0 Å². The van der Waals surface area contributed by atoms with Crippen LogP contribution in [-0.4, -0.2) is 19.2 Å². The normalized spacial score (nSPS) is 25.2. The van der Waals surface area contributed by atoms with Gasteiger partial charge in [0.05, 0.1) is 6.61 Å². The molecule has 0 spiro atoms. The highest BCUT2D eigenvalue weighted by molar-refractivity contribution is 5.67. The molecule has 1 amide bonds. The van der Waals surface area contributed by atoms with Crippen LogP contribution in [0.5, 0.6) is 0 Å². The Morgan fingerprint density at radius 3 is 2.55 bits per heavy atom. The first-order valence-electron chi connectivity index (χ1n) is 8.28. The van der Waals surface area contributed by atoms with Gasteiger partial charge in [-0.1, -0.05) is 53.4 Å². The molecule has 3 heteroatoms. The van der Waals surface area contributed by atoms with Gasteiger partial charge in [0.25, 0.3) is 0 Å². The number of ether oxygens (including phenoxy) is 1. The number of hydrogen-bond donors (Lipinski definition) is 1. The smallest absolute Gasteiger partial charge is 0.407 e. The van der Waals surface area contributed by atoms with E-state index >= 15 is 0 Å². The van der Waals surface area contributed by atoms with Crippen molar-refractivity contribution in [1.29, 1.82) is 0 Å². The van der Waals surface area contributed by atoms with Crippen molar-refractivity contribution in [2.75, 3.05) is 13.2 Å². The van der Waals surface area contributed by atoms with Crippen LogP contribution in [0.3, 0.4) is 0 Å². The Hall–Kier alpha value is -0.730. The second kappa shape index (κ2) is 7.90. The van der Waals surface area contributed by atoms with Crippen LogP contribution in [0.15, 0.2) is 0 Å². The van der Waals surface area contributed by atoms with Gasteiger partial charge in [-0.15, -0.1) is 0 Å². The third-order valence-electron chi connectivity index (χ3n) is 4.43. The SMILES string of the molecule is CCCCCCOC(=O)NCC1(C)CCCC(C)(C)C1. The fourth-order valence-electron chi connectivity index (χ4n) is 3.51. The Morgan fingerprint density at radius 2 is 1.90 bits per heavy atom. The van der Waals surface area contributed by atoms with E-state index in [9.17, 15) is 4.79 Å². The molecule has 1 aliphatic carbocycles. The Balaban J connectivity index is 2.19. The summed E-state index contributed by atoms with van der Waals surface area (Å²) < 4.78 is 5.23. The lowest BCUT2D eigenvalue weighted by Crippen LogP contribution is -2.41. The number of carbonyl (C=O) groups is 1. The first kappa shape index (κ1) is 17.3. The number of alkyl carbamates (subject to hydrolysis) is 1. The van der Waals surface area contributed by atoms with Crippen LogP contribution in [0.1, 0.15) is 79.1 Å². The molecular weight excluding hydrogens is 250 g/mol. The number of hydrogen-bond acceptors (Lipinski definition) is 2. The van der Waals surface area contributed by atoms with Crippen molar-refractivity contribution >= 4 is 6.09 Å². The number of rotatable bonds is 7. The van der Waals surface area contributed by atoms with E-state index in [2.05, 4.69) is 33.0 Å². The molecule has 0 radical (unpaired) electrons. The van der Waals surface area contributed by atoms with Crippen molar-refractivity contribution in [3.05, 3.63) is 0 Å². The van der Waals surface area contributed by atoms with Gasteiger partial charge in [0.1, 0.15) is 0 Å². The molecule has 1 unspecified atom stereocenters. The van der Waals surface area contributed by atoms with Crippen LogP contribution in [-0.2, 0) is 4.74 Å². The van der Waals surface area contributed by atoms with Gasteiger partial charge in [-0.3, -0.25) is 0 Å². The Kier molecular flexibility index (Phi) is 6.84. The first-order chi connectivity index (χ1) is 9.37. The Bertz CT molecular complexity index is 301. The van der Waals surface area contributed by atoms with Crippen molar-refractivity contribution in [3.8, 4) is 0 Å². The summed E-state index contributed by atoms with van der Waals surface area (Å²) in [7, 11) is 0. The lowest BCUT2D eigenvalue weighted by Gasteiger charge is -2.42. The number of amides is 1. The van der Waals surface area contributed by atoms with Crippen LogP contribution < -0.4 is 5.32 Å². The molecule has 0 aromatic rings. The summed E-state index contributed by atoms with van der Waals surface area (Å²) in [5, 5.41) is 2.96. The van der Waals surface area contributed by atoms with Gasteiger partial charge >= 0.3 is 6.09 Å². The number of nitrogens with one attached hydrogen (secondary N) is 1. The topological polar surface area (TPSA) is 38.3 Å². The van der Waals surface area contributed by atoms with Gasteiger partial charge in [0, 0.05) is 6.54 Å². The van der Waals surface area contributed by atoms with Crippen LogP contribution in [0.25, 0.3) is 0 Å². The summed E-state index contributed by atoms with van der Waals surface area (Å²) in [6.45, 7) is 10.4. The van der Waals surface area contributed by atoms with Gasteiger partial charge in [0.15, 0.2) is 0 Å². The van der Waals surface area contributed by atoms with E-state index in [-0.39, 0.29) is 11.5 Å². The van der Waals surface area contributed by atoms with Crippen LogP contribution in [0.4, 0.5) is 4.79 Å². The van der Waals surface area contributed by atoms with Gasteiger partial charge in [-0.2, -0.15) is 0 Å². The molecule has 0 aromatic heterocycles. The highest BCUT2D eigenvalue weighted by atomic mass is 16.5. The van der Waals surface area contributed by atoms with Crippen molar-refractivity contribution in [1.82, 2.24) is 5.32 Å². The average molecular weight is 283 g/mol. The molecule has 1 atom stereocenters. The van der Waals surface area contributed by atoms with Crippen LogP contribution >= 0.6 is 0 Å². The highest BCUT2D eigenvalue weighted by Gasteiger charge is 2.36. The molecule has 0 bridgehead atoms. The molecule has 1 fully saturated rings. The molecule has 0 aliphatic heterocycles. The van der Waals surface area contributed by atoms with Gasteiger partial charge in [-0.05, 0) is 36.5 Å². The lowest BCUT2D eigenvalue weighted by atomic mass is 9.64. The predicted molar refractivity (Wildman–Crippen MR) is 83.8 cm³/mol. The summed E-state index contributed by atoms with van der Waals surface area (Å²) in [6, 6.07) is 0. The van der Waals surface area contributed by atoms with E-state index in [1.54, 1.807) is 0 Å². The van der Waals surface area contributed by atoms with Gasteiger partial charge < -0.3 is 10.1 Å². The summed E-state index contributed by atoms with van der Waals surface area (Å²) in [4.78, 5) is 11.7. The molecule has 1 aliphatic rings. The minimum absolute atomic E-state index is 0.225.